The third kappa shape index (κ3) is 7.80. The first kappa shape index (κ1) is 17.6. The summed E-state index contributed by atoms with van der Waals surface area (Å²) >= 11 is 0. The van der Waals surface area contributed by atoms with E-state index in [4.69, 9.17) is 14.2 Å². The molecule has 0 aromatic carbocycles. The summed E-state index contributed by atoms with van der Waals surface area (Å²) in [7, 11) is 0. The Morgan fingerprint density at radius 2 is 2.19 bits per heavy atom. The number of amides is 1. The largest absolute Gasteiger partial charge is 0.462 e. The smallest absolute Gasteiger partial charge is 0.410 e. The Balaban J connectivity index is 2.46. The molecule has 0 aromatic rings. The molecule has 0 spiro atoms. The number of ether oxygens (including phenoxy) is 3. The molecule has 0 saturated heterocycles. The highest BCUT2D eigenvalue weighted by atomic mass is 16.7. The van der Waals surface area contributed by atoms with Crippen molar-refractivity contribution in [2.75, 3.05) is 33.0 Å². The van der Waals surface area contributed by atoms with Crippen LogP contribution in [-0.4, -0.2) is 49.6 Å². The standard InChI is InChI=1S/C15H28N2O4/c1-5-7-16-8-6-9-17(10-13-11-19-12-20-13)14(18)21-15(2,3)4/h11,16H,5-10,12H2,1-4H3. The van der Waals surface area contributed by atoms with Gasteiger partial charge in [-0.15, -0.1) is 0 Å². The maximum atomic E-state index is 12.2. The molecule has 0 unspecified atom stereocenters. The van der Waals surface area contributed by atoms with E-state index in [2.05, 4.69) is 12.2 Å². The maximum Gasteiger partial charge on any atom is 0.410 e. The number of carbonyl (C=O) groups is 1. The molecule has 0 fully saturated rings. The van der Waals surface area contributed by atoms with Crippen LogP contribution in [0.1, 0.15) is 40.5 Å². The topological polar surface area (TPSA) is 60.0 Å². The van der Waals surface area contributed by atoms with Crippen LogP contribution in [0.4, 0.5) is 4.79 Å². The molecule has 1 aliphatic heterocycles. The van der Waals surface area contributed by atoms with Gasteiger partial charge in [-0.2, -0.15) is 0 Å². The Hall–Kier alpha value is -1.43. The molecule has 1 rings (SSSR count). The normalized spacial score (nSPS) is 14.2. The second-order valence-electron chi connectivity index (χ2n) is 6.02. The number of nitrogens with one attached hydrogen (secondary N) is 1. The molecule has 1 amide bonds. The molecule has 21 heavy (non-hydrogen) atoms. The van der Waals surface area contributed by atoms with Crippen molar-refractivity contribution in [1.29, 1.82) is 0 Å². The third-order valence-corrected chi connectivity index (χ3v) is 2.73. The van der Waals surface area contributed by atoms with E-state index in [0.29, 0.717) is 18.8 Å². The van der Waals surface area contributed by atoms with Crippen molar-refractivity contribution in [1.82, 2.24) is 10.2 Å². The van der Waals surface area contributed by atoms with Gasteiger partial charge in [0.15, 0.2) is 5.76 Å². The van der Waals surface area contributed by atoms with E-state index in [9.17, 15) is 4.79 Å². The SMILES string of the molecule is CCCNCCCN(CC1=COCO1)C(=O)OC(C)(C)C. The molecular formula is C15H28N2O4. The van der Waals surface area contributed by atoms with Crippen molar-refractivity contribution in [2.45, 2.75) is 46.1 Å². The molecule has 0 bridgehead atoms. The van der Waals surface area contributed by atoms with Gasteiger partial charge in [0.25, 0.3) is 0 Å². The van der Waals surface area contributed by atoms with E-state index in [1.165, 1.54) is 0 Å². The molecule has 6 heteroatoms. The Morgan fingerprint density at radius 1 is 1.43 bits per heavy atom. The van der Waals surface area contributed by atoms with Crippen LogP contribution < -0.4 is 5.32 Å². The third-order valence-electron chi connectivity index (χ3n) is 2.73. The fraction of sp³-hybridized carbons (Fsp3) is 0.800. The highest BCUT2D eigenvalue weighted by Gasteiger charge is 2.24. The van der Waals surface area contributed by atoms with Gasteiger partial charge in [-0.05, 0) is 46.7 Å². The van der Waals surface area contributed by atoms with Crippen molar-refractivity contribution in [3.8, 4) is 0 Å². The fourth-order valence-electron chi connectivity index (χ4n) is 1.80. The molecule has 122 valence electrons. The average molecular weight is 300 g/mol. The Kier molecular flexibility index (Phi) is 7.36. The van der Waals surface area contributed by atoms with Crippen molar-refractivity contribution < 1.29 is 19.0 Å². The number of carbonyl (C=O) groups excluding carboxylic acids is 1. The first-order valence-corrected chi connectivity index (χ1v) is 7.54. The van der Waals surface area contributed by atoms with E-state index in [1.54, 1.807) is 11.2 Å². The lowest BCUT2D eigenvalue weighted by Gasteiger charge is -2.27. The molecular weight excluding hydrogens is 272 g/mol. The first-order valence-electron chi connectivity index (χ1n) is 7.54. The van der Waals surface area contributed by atoms with Crippen LogP contribution >= 0.6 is 0 Å². The van der Waals surface area contributed by atoms with Crippen LogP contribution in [0, 0.1) is 0 Å². The summed E-state index contributed by atoms with van der Waals surface area (Å²) in [5.74, 6) is 0.655. The van der Waals surface area contributed by atoms with Gasteiger partial charge in [0, 0.05) is 6.54 Å². The highest BCUT2D eigenvalue weighted by molar-refractivity contribution is 5.68. The molecule has 0 atom stereocenters. The molecule has 0 radical (unpaired) electrons. The zero-order valence-corrected chi connectivity index (χ0v) is 13.6. The number of rotatable bonds is 8. The van der Waals surface area contributed by atoms with Gasteiger partial charge >= 0.3 is 6.09 Å². The second kappa shape index (κ2) is 8.77. The van der Waals surface area contributed by atoms with Crippen molar-refractivity contribution >= 4 is 6.09 Å². The summed E-state index contributed by atoms with van der Waals surface area (Å²) in [5, 5.41) is 3.32. The van der Waals surface area contributed by atoms with E-state index in [1.807, 2.05) is 20.8 Å². The van der Waals surface area contributed by atoms with Gasteiger partial charge in [-0.3, -0.25) is 0 Å². The predicted molar refractivity (Wildman–Crippen MR) is 80.7 cm³/mol. The van der Waals surface area contributed by atoms with Crippen LogP contribution in [0.15, 0.2) is 12.0 Å². The average Bonchev–Trinajstić information content (AvgIpc) is 2.88. The minimum Gasteiger partial charge on any atom is -0.462 e. The zero-order valence-electron chi connectivity index (χ0n) is 13.6. The summed E-state index contributed by atoms with van der Waals surface area (Å²) in [6, 6.07) is 0. The first-order chi connectivity index (χ1) is 9.92. The quantitative estimate of drug-likeness (QED) is 0.698. The summed E-state index contributed by atoms with van der Waals surface area (Å²) in [6.07, 6.45) is 3.20. The van der Waals surface area contributed by atoms with Gasteiger partial charge in [0.2, 0.25) is 6.79 Å². The fourth-order valence-corrected chi connectivity index (χ4v) is 1.80. The van der Waals surface area contributed by atoms with Crippen LogP contribution in [0.2, 0.25) is 0 Å². The minimum absolute atomic E-state index is 0.218. The van der Waals surface area contributed by atoms with Gasteiger partial charge in [0.05, 0.1) is 6.54 Å². The van der Waals surface area contributed by atoms with Gasteiger partial charge < -0.3 is 24.4 Å². The zero-order chi connectivity index (χ0) is 15.7. The maximum absolute atomic E-state index is 12.2. The lowest BCUT2D eigenvalue weighted by molar-refractivity contribution is 0.0212. The lowest BCUT2D eigenvalue weighted by atomic mass is 10.2. The second-order valence-corrected chi connectivity index (χ2v) is 6.02. The van der Waals surface area contributed by atoms with Crippen LogP contribution in [0.5, 0.6) is 0 Å². The Bertz CT molecular complexity index is 350. The van der Waals surface area contributed by atoms with Crippen molar-refractivity contribution in [3.05, 3.63) is 12.0 Å². The number of hydrogen-bond acceptors (Lipinski definition) is 5. The molecule has 1 heterocycles. The Labute approximate surface area is 127 Å². The monoisotopic (exact) mass is 300 g/mol. The van der Waals surface area contributed by atoms with Gasteiger partial charge in [-0.1, -0.05) is 6.92 Å². The predicted octanol–water partition coefficient (Wildman–Crippen LogP) is 2.46. The molecule has 6 nitrogen and oxygen atoms in total. The molecule has 0 aromatic heterocycles. The van der Waals surface area contributed by atoms with Crippen LogP contribution in [0.3, 0.4) is 0 Å². The molecule has 1 N–H and O–H groups in total. The molecule has 0 aliphatic carbocycles. The summed E-state index contributed by atoms with van der Waals surface area (Å²) < 4.78 is 15.7. The van der Waals surface area contributed by atoms with Crippen LogP contribution in [-0.2, 0) is 14.2 Å². The summed E-state index contributed by atoms with van der Waals surface area (Å²) in [6.45, 7) is 10.8. The summed E-state index contributed by atoms with van der Waals surface area (Å²) in [5.41, 5.74) is -0.503. The highest BCUT2D eigenvalue weighted by Crippen LogP contribution is 2.14. The van der Waals surface area contributed by atoms with Gasteiger partial charge in [-0.25, -0.2) is 4.79 Å². The number of nitrogens with zero attached hydrogens (tertiary/aromatic N) is 1. The van der Waals surface area contributed by atoms with Crippen molar-refractivity contribution in [2.24, 2.45) is 0 Å². The van der Waals surface area contributed by atoms with Crippen molar-refractivity contribution in [3.63, 3.8) is 0 Å². The van der Waals surface area contributed by atoms with E-state index in [-0.39, 0.29) is 12.9 Å². The number of hydrogen-bond donors (Lipinski definition) is 1. The van der Waals surface area contributed by atoms with E-state index in [0.717, 1.165) is 25.9 Å². The van der Waals surface area contributed by atoms with Gasteiger partial charge in [0.1, 0.15) is 11.9 Å². The van der Waals surface area contributed by atoms with E-state index >= 15 is 0 Å². The lowest BCUT2D eigenvalue weighted by Crippen LogP contribution is -2.39. The summed E-state index contributed by atoms with van der Waals surface area (Å²) in [4.78, 5) is 13.9. The minimum atomic E-state index is -0.503. The Morgan fingerprint density at radius 3 is 2.76 bits per heavy atom. The molecule has 1 aliphatic rings. The molecule has 0 saturated carbocycles. The van der Waals surface area contributed by atoms with E-state index < -0.39 is 5.60 Å². The van der Waals surface area contributed by atoms with Crippen LogP contribution in [0.25, 0.3) is 0 Å².